The Kier molecular flexibility index (Phi) is 6.59. The average molecular weight is 476 g/mol. The summed E-state index contributed by atoms with van der Waals surface area (Å²) in [6.45, 7) is 3.11. The highest BCUT2D eigenvalue weighted by Crippen LogP contribution is 2.32. The maximum Gasteiger partial charge on any atom is 0.212 e. The van der Waals surface area contributed by atoms with Crippen molar-refractivity contribution in [1.82, 2.24) is 19.9 Å². The minimum atomic E-state index is -0.370. The number of likely N-dealkylation sites (N-methyl/N-ethyl adjacent to an activating group) is 1. The Hall–Kier alpha value is -3.59. The minimum Gasteiger partial charge on any atom is -0.485 e. The number of Topliss-reactive ketones (excluding diaryl/α,β-unsaturated/α-hetero) is 1. The number of aromatic nitrogens is 4. The van der Waals surface area contributed by atoms with Gasteiger partial charge >= 0.3 is 0 Å². The fourth-order valence-electron chi connectivity index (χ4n) is 4.28. The van der Waals surface area contributed by atoms with E-state index in [-0.39, 0.29) is 24.3 Å². The zero-order valence-electron chi connectivity index (χ0n) is 20.2. The lowest BCUT2D eigenvalue weighted by atomic mass is 10.0. The molecule has 9 heteroatoms. The van der Waals surface area contributed by atoms with Crippen LogP contribution >= 0.6 is 0 Å². The molecule has 2 aliphatic rings. The van der Waals surface area contributed by atoms with Gasteiger partial charge in [0.1, 0.15) is 23.4 Å². The molecule has 3 aromatic rings. The van der Waals surface area contributed by atoms with Gasteiger partial charge in [-0.05, 0) is 37.8 Å². The maximum atomic E-state index is 13.1. The number of carbonyl (C=O) groups is 1. The van der Waals surface area contributed by atoms with E-state index in [1.165, 1.54) is 0 Å². The van der Waals surface area contributed by atoms with Crippen LogP contribution in [0.15, 0.2) is 36.7 Å². The van der Waals surface area contributed by atoms with Gasteiger partial charge in [-0.3, -0.25) is 9.78 Å². The summed E-state index contributed by atoms with van der Waals surface area (Å²) in [6, 6.07) is 6.96. The number of rotatable bonds is 9. The molecule has 0 amide bonds. The summed E-state index contributed by atoms with van der Waals surface area (Å²) in [5.41, 5.74) is 3.63. The highest BCUT2D eigenvalue weighted by atomic mass is 16.6. The summed E-state index contributed by atoms with van der Waals surface area (Å²) in [4.78, 5) is 33.5. The molecular formula is C26H29N5O4. The van der Waals surface area contributed by atoms with Crippen LogP contribution in [0.5, 0.6) is 11.6 Å². The van der Waals surface area contributed by atoms with Crippen LogP contribution in [0.25, 0.3) is 11.5 Å². The fraction of sp³-hybridized carbons (Fsp3) is 0.423. The van der Waals surface area contributed by atoms with Crippen LogP contribution in [-0.2, 0) is 28.8 Å². The second-order valence-corrected chi connectivity index (χ2v) is 8.94. The molecule has 182 valence electrons. The van der Waals surface area contributed by atoms with Crippen molar-refractivity contribution in [3.05, 3.63) is 53.5 Å². The number of aryl methyl sites for hydroxylation is 1. The molecule has 1 aliphatic heterocycles. The topological polar surface area (TPSA) is 99.6 Å². The first-order valence-electron chi connectivity index (χ1n) is 11.9. The van der Waals surface area contributed by atoms with Crippen LogP contribution in [0.3, 0.4) is 0 Å². The van der Waals surface area contributed by atoms with Crippen molar-refractivity contribution in [1.29, 1.82) is 0 Å². The number of methoxy groups -OCH3 is 1. The van der Waals surface area contributed by atoms with Crippen LogP contribution in [0.4, 0.5) is 5.82 Å². The number of pyridine rings is 2. The molecule has 0 N–H and O–H groups in total. The molecular weight excluding hydrogens is 446 g/mol. The number of nitrogens with zero attached hydrogens (tertiary/aromatic N) is 5. The molecule has 1 aliphatic carbocycles. The average Bonchev–Trinajstić information content (AvgIpc) is 3.34. The van der Waals surface area contributed by atoms with Crippen molar-refractivity contribution in [3.63, 3.8) is 0 Å². The Morgan fingerprint density at radius 1 is 1.20 bits per heavy atom. The van der Waals surface area contributed by atoms with E-state index in [1.807, 2.05) is 37.1 Å². The Balaban J connectivity index is 1.38. The summed E-state index contributed by atoms with van der Waals surface area (Å²) in [7, 11) is 3.49. The predicted molar refractivity (Wildman–Crippen MR) is 130 cm³/mol. The zero-order chi connectivity index (χ0) is 24.4. The van der Waals surface area contributed by atoms with Gasteiger partial charge in [-0.2, -0.15) is 0 Å². The first-order chi connectivity index (χ1) is 17.0. The van der Waals surface area contributed by atoms with Gasteiger partial charge in [0, 0.05) is 49.3 Å². The summed E-state index contributed by atoms with van der Waals surface area (Å²) in [5.74, 6) is 2.67. The molecule has 0 aromatic carbocycles. The fourth-order valence-corrected chi connectivity index (χ4v) is 4.28. The molecule has 4 heterocycles. The third-order valence-corrected chi connectivity index (χ3v) is 6.55. The maximum absolute atomic E-state index is 13.1. The lowest BCUT2D eigenvalue weighted by molar-refractivity contribution is -0.119. The lowest BCUT2D eigenvalue weighted by Gasteiger charge is -2.27. The molecule has 0 saturated carbocycles. The van der Waals surface area contributed by atoms with Crippen LogP contribution in [0, 0.1) is 0 Å². The van der Waals surface area contributed by atoms with Crippen molar-refractivity contribution in [3.8, 4) is 23.1 Å². The van der Waals surface area contributed by atoms with Crippen molar-refractivity contribution < 1.29 is 19.0 Å². The van der Waals surface area contributed by atoms with E-state index in [0.717, 1.165) is 47.7 Å². The summed E-state index contributed by atoms with van der Waals surface area (Å²) < 4.78 is 16.2. The second kappa shape index (κ2) is 9.95. The van der Waals surface area contributed by atoms with Gasteiger partial charge in [0.25, 0.3) is 0 Å². The van der Waals surface area contributed by atoms with E-state index in [1.54, 1.807) is 25.6 Å². The van der Waals surface area contributed by atoms with Gasteiger partial charge in [0.15, 0.2) is 11.6 Å². The van der Waals surface area contributed by atoms with E-state index in [4.69, 9.17) is 24.2 Å². The Bertz CT molecular complexity index is 1210. The number of ether oxygens (including phenoxy) is 3. The van der Waals surface area contributed by atoms with E-state index in [2.05, 4.69) is 9.97 Å². The first kappa shape index (κ1) is 23.2. The highest BCUT2D eigenvalue weighted by molar-refractivity contribution is 5.88. The predicted octanol–water partition coefficient (Wildman–Crippen LogP) is 2.85. The lowest BCUT2D eigenvalue weighted by Crippen LogP contribution is -2.38. The quantitative estimate of drug-likeness (QED) is 0.462. The standard InChI is InChI=1S/C26H29N5O4/c1-16(23(32)11-17-7-8-24(33-3)28-13-17)31(2)26-20-5-4-6-21(20)29-25(30-26)22-12-18(9-10-27-22)35-19-14-34-15-19/h7-10,12-13,16,19H,4-6,11,14-15H2,1-3H3/t16-/m1/s1. The van der Waals surface area contributed by atoms with E-state index in [9.17, 15) is 4.79 Å². The van der Waals surface area contributed by atoms with Crippen molar-refractivity contribution in [2.75, 3.05) is 32.3 Å². The van der Waals surface area contributed by atoms with Crippen LogP contribution < -0.4 is 14.4 Å². The van der Waals surface area contributed by atoms with E-state index >= 15 is 0 Å². The summed E-state index contributed by atoms with van der Waals surface area (Å²) in [6.07, 6.45) is 6.55. The summed E-state index contributed by atoms with van der Waals surface area (Å²) >= 11 is 0. The van der Waals surface area contributed by atoms with Gasteiger partial charge in [0.2, 0.25) is 5.88 Å². The van der Waals surface area contributed by atoms with Gasteiger partial charge < -0.3 is 19.1 Å². The molecule has 0 radical (unpaired) electrons. The Morgan fingerprint density at radius 3 is 2.77 bits per heavy atom. The number of ketones is 1. The third kappa shape index (κ3) is 4.95. The number of anilines is 1. The molecule has 0 unspecified atom stereocenters. The van der Waals surface area contributed by atoms with Gasteiger partial charge in [0.05, 0.1) is 26.4 Å². The van der Waals surface area contributed by atoms with Crippen LogP contribution in [0.2, 0.25) is 0 Å². The zero-order valence-corrected chi connectivity index (χ0v) is 20.2. The van der Waals surface area contributed by atoms with Crippen molar-refractivity contribution in [2.45, 2.75) is 44.8 Å². The molecule has 1 saturated heterocycles. The number of carbonyl (C=O) groups excluding carboxylic acids is 1. The molecule has 35 heavy (non-hydrogen) atoms. The summed E-state index contributed by atoms with van der Waals surface area (Å²) in [5, 5.41) is 0. The number of fused-ring (bicyclic) bond motifs is 1. The van der Waals surface area contributed by atoms with Gasteiger partial charge in [-0.1, -0.05) is 6.07 Å². The van der Waals surface area contributed by atoms with Gasteiger partial charge in [-0.15, -0.1) is 0 Å². The SMILES string of the molecule is COc1ccc(CC(=O)[C@@H](C)N(C)c2nc(-c3cc(OC4COC4)ccn3)nc3c2CCC3)cn1. The highest BCUT2D eigenvalue weighted by Gasteiger charge is 2.27. The first-order valence-corrected chi connectivity index (χ1v) is 11.9. The van der Waals surface area contributed by atoms with Gasteiger partial charge in [-0.25, -0.2) is 15.0 Å². The van der Waals surface area contributed by atoms with Crippen molar-refractivity contribution >= 4 is 11.6 Å². The largest absolute Gasteiger partial charge is 0.485 e. The van der Waals surface area contributed by atoms with Crippen molar-refractivity contribution in [2.24, 2.45) is 0 Å². The number of hydrogen-bond acceptors (Lipinski definition) is 9. The van der Waals surface area contributed by atoms with Crippen LogP contribution in [-0.4, -0.2) is 65.2 Å². The van der Waals surface area contributed by atoms with E-state index in [0.29, 0.717) is 30.6 Å². The third-order valence-electron chi connectivity index (χ3n) is 6.55. The van der Waals surface area contributed by atoms with E-state index < -0.39 is 0 Å². The normalized spacial score (nSPS) is 15.7. The molecule has 1 atom stereocenters. The Morgan fingerprint density at radius 2 is 2.06 bits per heavy atom. The minimum absolute atomic E-state index is 0.0700. The number of hydrogen-bond donors (Lipinski definition) is 0. The Labute approximate surface area is 204 Å². The molecule has 0 spiro atoms. The molecule has 3 aromatic heterocycles. The monoisotopic (exact) mass is 475 g/mol. The second-order valence-electron chi connectivity index (χ2n) is 8.94. The molecule has 0 bridgehead atoms. The smallest absolute Gasteiger partial charge is 0.212 e. The molecule has 1 fully saturated rings. The molecule has 9 nitrogen and oxygen atoms in total. The molecule has 5 rings (SSSR count). The van der Waals surface area contributed by atoms with Crippen LogP contribution in [0.1, 0.15) is 30.2 Å².